The number of carbonyl (C=O) groups excluding carboxylic acids is 4. The second kappa shape index (κ2) is 17.6. The average Bonchev–Trinajstić information content (AvgIpc) is 3.51. The minimum absolute atomic E-state index is 0.0130. The second-order valence-corrected chi connectivity index (χ2v) is 14.4. The predicted molar refractivity (Wildman–Crippen MR) is 188 cm³/mol. The Morgan fingerprint density at radius 3 is 2.09 bits per heavy atom. The van der Waals surface area contributed by atoms with Crippen LogP contribution in [-0.2, 0) is 47.6 Å². The zero-order chi connectivity index (χ0) is 40.7. The van der Waals surface area contributed by atoms with E-state index in [1.807, 2.05) is 0 Å². The van der Waals surface area contributed by atoms with Crippen LogP contribution in [0.15, 0.2) is 102 Å². The van der Waals surface area contributed by atoms with E-state index in [-0.39, 0.29) is 26.5 Å². The van der Waals surface area contributed by atoms with E-state index in [4.69, 9.17) is 23.1 Å². The number of benzene rings is 3. The Bertz CT molecular complexity index is 1960. The van der Waals surface area contributed by atoms with E-state index in [2.05, 4.69) is 6.58 Å². The lowest BCUT2D eigenvalue weighted by molar-refractivity contribution is -0.198. The molecule has 0 aromatic heterocycles. The van der Waals surface area contributed by atoms with E-state index in [1.54, 1.807) is 19.1 Å². The summed E-state index contributed by atoms with van der Waals surface area (Å²) in [5.41, 5.74) is -1.51. The van der Waals surface area contributed by atoms with Crippen molar-refractivity contribution in [3.8, 4) is 0 Å². The van der Waals surface area contributed by atoms with Crippen molar-refractivity contribution >= 4 is 33.9 Å². The highest BCUT2D eigenvalue weighted by molar-refractivity contribution is 7.86. The summed E-state index contributed by atoms with van der Waals surface area (Å²) in [6.45, 7) is 5.87. The average molecular weight is 792 g/mol. The maximum absolute atomic E-state index is 14.2. The number of ether oxygens (including phenoxy) is 4. The molecule has 1 fully saturated rings. The van der Waals surface area contributed by atoms with Crippen LogP contribution in [0.4, 0.5) is 13.2 Å². The number of rotatable bonds is 15. The van der Waals surface area contributed by atoms with Crippen molar-refractivity contribution in [1.29, 1.82) is 0 Å². The van der Waals surface area contributed by atoms with Crippen molar-refractivity contribution in [2.75, 3.05) is 20.8 Å². The van der Waals surface area contributed by atoms with Gasteiger partial charge in [-0.05, 0) is 49.2 Å². The largest absolute Gasteiger partial charge is 0.471 e. The molecule has 1 amide bonds. The predicted octanol–water partition coefficient (Wildman–Crippen LogP) is 4.63. The lowest BCUT2D eigenvalue weighted by atomic mass is 9.87. The molecule has 296 valence electrons. The van der Waals surface area contributed by atoms with Crippen molar-refractivity contribution in [3.05, 3.63) is 114 Å². The molecular weight excluding hydrogens is 751 g/mol. The molecule has 55 heavy (non-hydrogen) atoms. The molecule has 1 N–H and O–H groups in total. The standard InChI is InChI=1S/C38H40F3NO12S/c1-23-16-18-28(19-17-23)55(48,49)52-22-30(53-33(44)27-14-10-7-11-15-27)31(43)32-24(2)20-37(54-32,36(47)51-5)21-29(34(45)50-4)42(35(46)38(39,40)41)25(3)26-12-8-6-9-13-26/h6-19,25,29-32,43H,2,20-22H2,1,3-5H3/t25-,29+,30-,31+,32+,37+/m1/s1. The number of esters is 3. The minimum atomic E-state index is -5.48. The Morgan fingerprint density at radius 1 is 0.964 bits per heavy atom. The van der Waals surface area contributed by atoms with E-state index in [0.29, 0.717) is 0 Å². The molecule has 1 aliphatic heterocycles. The Balaban J connectivity index is 1.73. The van der Waals surface area contributed by atoms with Crippen LogP contribution < -0.4 is 0 Å². The number of hydrogen-bond donors (Lipinski definition) is 1. The number of carbonyl (C=O) groups is 4. The van der Waals surface area contributed by atoms with Gasteiger partial charge >= 0.3 is 30.0 Å². The third-order valence-corrected chi connectivity index (χ3v) is 10.3. The molecule has 13 nitrogen and oxygen atoms in total. The first-order valence-electron chi connectivity index (χ1n) is 16.7. The van der Waals surface area contributed by atoms with Crippen molar-refractivity contribution in [1.82, 2.24) is 4.90 Å². The van der Waals surface area contributed by atoms with Gasteiger partial charge in [0.2, 0.25) is 0 Å². The van der Waals surface area contributed by atoms with Crippen LogP contribution in [0, 0.1) is 6.92 Å². The smallest absolute Gasteiger partial charge is 0.467 e. The molecule has 1 aliphatic rings. The van der Waals surface area contributed by atoms with Crippen LogP contribution in [0.25, 0.3) is 0 Å². The lowest BCUT2D eigenvalue weighted by Gasteiger charge is -2.39. The number of halogens is 3. The molecule has 3 aromatic carbocycles. The summed E-state index contributed by atoms with van der Waals surface area (Å²) < 4.78 is 95.2. The van der Waals surface area contributed by atoms with Gasteiger partial charge in [-0.1, -0.05) is 72.8 Å². The van der Waals surface area contributed by atoms with Gasteiger partial charge in [-0.25, -0.2) is 14.4 Å². The fourth-order valence-electron chi connectivity index (χ4n) is 6.13. The van der Waals surface area contributed by atoms with Crippen molar-refractivity contribution in [2.45, 2.75) is 73.8 Å². The Labute approximate surface area is 315 Å². The molecule has 0 radical (unpaired) electrons. The Hall–Kier alpha value is -5.10. The molecule has 3 aromatic rings. The van der Waals surface area contributed by atoms with E-state index < -0.39 is 95.6 Å². The third kappa shape index (κ3) is 9.96. The van der Waals surface area contributed by atoms with Gasteiger partial charge in [0.05, 0.1) is 30.7 Å². The van der Waals surface area contributed by atoms with Gasteiger partial charge in [-0.15, -0.1) is 0 Å². The quantitative estimate of drug-likeness (QED) is 0.0982. The summed E-state index contributed by atoms with van der Waals surface area (Å²) in [5.74, 6) is -6.00. The lowest BCUT2D eigenvalue weighted by Crippen LogP contribution is -2.56. The van der Waals surface area contributed by atoms with Gasteiger partial charge in [0.1, 0.15) is 24.9 Å². The van der Waals surface area contributed by atoms with Crippen LogP contribution in [0.1, 0.15) is 47.3 Å². The van der Waals surface area contributed by atoms with Crippen molar-refractivity contribution in [2.24, 2.45) is 0 Å². The molecule has 0 spiro atoms. The highest BCUT2D eigenvalue weighted by atomic mass is 32.2. The molecule has 0 unspecified atom stereocenters. The second-order valence-electron chi connectivity index (χ2n) is 12.8. The van der Waals surface area contributed by atoms with Crippen LogP contribution >= 0.6 is 0 Å². The highest BCUT2D eigenvalue weighted by Crippen LogP contribution is 2.43. The summed E-state index contributed by atoms with van der Waals surface area (Å²) in [4.78, 5) is 53.1. The SMILES string of the molecule is C=C1C[C@](C[C@@H](C(=O)OC)N(C(=O)C(F)(F)F)[C@H](C)c2ccccc2)(C(=O)OC)O[C@@H]1[C@@H](O)[C@@H](COS(=O)(=O)c1ccc(C)cc1)OC(=O)c1ccccc1. The topological polar surface area (TPSA) is 172 Å². The van der Waals surface area contributed by atoms with Gasteiger partial charge in [0, 0.05) is 12.8 Å². The molecule has 0 aliphatic carbocycles. The number of hydrogen-bond acceptors (Lipinski definition) is 12. The zero-order valence-electron chi connectivity index (χ0n) is 30.2. The number of nitrogens with zero attached hydrogens (tertiary/aromatic N) is 1. The molecule has 17 heteroatoms. The summed E-state index contributed by atoms with van der Waals surface area (Å²) in [6, 6.07) is 17.0. The van der Waals surface area contributed by atoms with Gasteiger partial charge in [0.15, 0.2) is 11.7 Å². The number of aryl methyl sites for hydroxylation is 1. The van der Waals surface area contributed by atoms with E-state index in [9.17, 15) is 45.9 Å². The molecule has 4 rings (SSSR count). The third-order valence-electron chi connectivity index (χ3n) is 8.99. The maximum Gasteiger partial charge on any atom is 0.471 e. The summed E-state index contributed by atoms with van der Waals surface area (Å²) in [7, 11) is -2.68. The maximum atomic E-state index is 14.2. The first-order chi connectivity index (χ1) is 25.8. The number of alkyl halides is 3. The number of methoxy groups -OCH3 is 2. The molecule has 6 atom stereocenters. The minimum Gasteiger partial charge on any atom is -0.467 e. The first-order valence-corrected chi connectivity index (χ1v) is 18.1. The molecule has 0 bridgehead atoms. The normalized spacial score (nSPS) is 19.4. The summed E-state index contributed by atoms with van der Waals surface area (Å²) in [6.07, 6.45) is -12.6. The van der Waals surface area contributed by atoms with Crippen LogP contribution in [0.3, 0.4) is 0 Å². The molecule has 1 heterocycles. The van der Waals surface area contributed by atoms with Crippen molar-refractivity contribution in [3.63, 3.8) is 0 Å². The number of aliphatic hydroxyl groups is 1. The van der Waals surface area contributed by atoms with E-state index >= 15 is 0 Å². The van der Waals surface area contributed by atoms with E-state index in [0.717, 1.165) is 19.8 Å². The van der Waals surface area contributed by atoms with Crippen LogP contribution in [-0.4, -0.2) is 99.2 Å². The molecule has 0 saturated carbocycles. The van der Waals surface area contributed by atoms with E-state index in [1.165, 1.54) is 79.7 Å². The number of amides is 1. The Kier molecular flexibility index (Phi) is 13.6. The molecule has 1 saturated heterocycles. The van der Waals surface area contributed by atoms with Gasteiger partial charge in [0.25, 0.3) is 10.1 Å². The number of aliphatic hydroxyl groups excluding tert-OH is 1. The van der Waals surface area contributed by atoms with Gasteiger partial charge < -0.3 is 29.0 Å². The highest BCUT2D eigenvalue weighted by Gasteiger charge is 2.57. The fourth-order valence-corrected chi connectivity index (χ4v) is 7.05. The van der Waals surface area contributed by atoms with Crippen LogP contribution in [0.5, 0.6) is 0 Å². The Morgan fingerprint density at radius 2 is 1.55 bits per heavy atom. The monoisotopic (exact) mass is 791 g/mol. The first kappa shape index (κ1) is 42.6. The zero-order valence-corrected chi connectivity index (χ0v) is 31.0. The van der Waals surface area contributed by atoms with Gasteiger partial charge in [-0.3, -0.25) is 8.98 Å². The summed E-state index contributed by atoms with van der Waals surface area (Å²) in [5, 5.41) is 11.7. The van der Waals surface area contributed by atoms with Crippen LogP contribution in [0.2, 0.25) is 0 Å². The molecular formula is C38H40F3NO12S. The summed E-state index contributed by atoms with van der Waals surface area (Å²) >= 11 is 0. The van der Waals surface area contributed by atoms with Gasteiger partial charge in [-0.2, -0.15) is 21.6 Å². The fraction of sp³-hybridized carbons (Fsp3) is 0.368. The van der Waals surface area contributed by atoms with Crippen molar-refractivity contribution < 1.29 is 69.0 Å².